The lowest BCUT2D eigenvalue weighted by Gasteiger charge is -2.20. The van der Waals surface area contributed by atoms with Crippen LogP contribution in [0.4, 0.5) is 0 Å². The summed E-state index contributed by atoms with van der Waals surface area (Å²) < 4.78 is 10.9. The van der Waals surface area contributed by atoms with Crippen LogP contribution >= 0.6 is 0 Å². The molecule has 1 unspecified atom stereocenters. The molecule has 2 rings (SSSR count). The SMILES string of the molecule is CCNC(=O)CCC(O)c1ccc2c(c1)OCCO2. The van der Waals surface area contributed by atoms with E-state index in [1.54, 1.807) is 18.2 Å². The molecule has 2 N–H and O–H groups in total. The fraction of sp³-hybridized carbons (Fsp3) is 0.500. The Balaban J connectivity index is 1.95. The summed E-state index contributed by atoms with van der Waals surface area (Å²) in [5.41, 5.74) is 0.744. The van der Waals surface area contributed by atoms with Crippen molar-refractivity contribution >= 4 is 5.91 Å². The Labute approximate surface area is 112 Å². The highest BCUT2D eigenvalue weighted by Crippen LogP contribution is 2.33. The topological polar surface area (TPSA) is 67.8 Å². The molecule has 5 nitrogen and oxygen atoms in total. The summed E-state index contributed by atoms with van der Waals surface area (Å²) >= 11 is 0. The highest BCUT2D eigenvalue weighted by atomic mass is 16.6. The Morgan fingerprint density at radius 1 is 1.37 bits per heavy atom. The molecule has 0 aliphatic carbocycles. The van der Waals surface area contributed by atoms with Gasteiger partial charge in [0.05, 0.1) is 6.10 Å². The first-order valence-electron chi connectivity index (χ1n) is 6.55. The summed E-state index contributed by atoms with van der Waals surface area (Å²) in [6.07, 6.45) is 0.0352. The molecule has 5 heteroatoms. The Kier molecular flexibility index (Phi) is 4.63. The monoisotopic (exact) mass is 265 g/mol. The lowest BCUT2D eigenvalue weighted by molar-refractivity contribution is -0.121. The van der Waals surface area contributed by atoms with Crippen LogP contribution in [0.2, 0.25) is 0 Å². The minimum absolute atomic E-state index is 0.0425. The Bertz CT molecular complexity index is 447. The third-order valence-electron chi connectivity index (χ3n) is 2.97. The van der Waals surface area contributed by atoms with Gasteiger partial charge in [0.25, 0.3) is 0 Å². The molecular formula is C14H19NO4. The number of carbonyl (C=O) groups excluding carboxylic acids is 1. The number of aliphatic hydroxyl groups is 1. The summed E-state index contributed by atoms with van der Waals surface area (Å²) in [5.74, 6) is 1.31. The summed E-state index contributed by atoms with van der Waals surface area (Å²) in [5, 5.41) is 12.8. The quantitative estimate of drug-likeness (QED) is 0.844. The number of hydrogen-bond donors (Lipinski definition) is 2. The molecule has 0 saturated carbocycles. The van der Waals surface area contributed by atoms with Gasteiger partial charge < -0.3 is 19.9 Å². The van der Waals surface area contributed by atoms with Gasteiger partial charge in [-0.1, -0.05) is 6.07 Å². The number of aliphatic hydroxyl groups excluding tert-OH is 1. The van der Waals surface area contributed by atoms with Crippen LogP contribution in [0.15, 0.2) is 18.2 Å². The van der Waals surface area contributed by atoms with E-state index in [0.29, 0.717) is 44.1 Å². The van der Waals surface area contributed by atoms with Crippen LogP contribution < -0.4 is 14.8 Å². The van der Waals surface area contributed by atoms with Crippen LogP contribution in [0.3, 0.4) is 0 Å². The van der Waals surface area contributed by atoms with Gasteiger partial charge >= 0.3 is 0 Å². The van der Waals surface area contributed by atoms with Crippen molar-refractivity contribution < 1.29 is 19.4 Å². The molecule has 1 amide bonds. The van der Waals surface area contributed by atoms with Gasteiger partial charge in [-0.3, -0.25) is 4.79 Å². The molecule has 104 valence electrons. The van der Waals surface area contributed by atoms with Crippen molar-refractivity contribution in [2.24, 2.45) is 0 Å². The zero-order chi connectivity index (χ0) is 13.7. The molecule has 0 spiro atoms. The van der Waals surface area contributed by atoms with Crippen LogP contribution in [-0.2, 0) is 4.79 Å². The van der Waals surface area contributed by atoms with Gasteiger partial charge in [-0.15, -0.1) is 0 Å². The smallest absolute Gasteiger partial charge is 0.220 e. The van der Waals surface area contributed by atoms with E-state index in [1.807, 2.05) is 6.92 Å². The predicted octanol–water partition coefficient (Wildman–Crippen LogP) is 1.41. The summed E-state index contributed by atoms with van der Waals surface area (Å²) in [6, 6.07) is 5.37. The normalized spacial score (nSPS) is 14.8. The van der Waals surface area contributed by atoms with Gasteiger partial charge in [0.2, 0.25) is 5.91 Å². The molecular weight excluding hydrogens is 246 g/mol. The van der Waals surface area contributed by atoms with E-state index in [2.05, 4.69) is 5.32 Å². The zero-order valence-corrected chi connectivity index (χ0v) is 11.0. The van der Waals surface area contributed by atoms with Gasteiger partial charge in [-0.05, 0) is 31.0 Å². The van der Waals surface area contributed by atoms with Gasteiger partial charge in [-0.2, -0.15) is 0 Å². The number of carbonyl (C=O) groups is 1. The maximum Gasteiger partial charge on any atom is 0.220 e. The van der Waals surface area contributed by atoms with Crippen LogP contribution in [0.25, 0.3) is 0 Å². The molecule has 0 fully saturated rings. The van der Waals surface area contributed by atoms with Crippen molar-refractivity contribution in [3.8, 4) is 11.5 Å². The van der Waals surface area contributed by atoms with Gasteiger partial charge in [0.1, 0.15) is 13.2 Å². The molecule has 1 aliphatic heterocycles. The van der Waals surface area contributed by atoms with E-state index in [-0.39, 0.29) is 5.91 Å². The van der Waals surface area contributed by atoms with Crippen molar-refractivity contribution in [1.29, 1.82) is 0 Å². The first kappa shape index (κ1) is 13.7. The van der Waals surface area contributed by atoms with Crippen LogP contribution in [-0.4, -0.2) is 30.8 Å². The third-order valence-corrected chi connectivity index (χ3v) is 2.97. The molecule has 0 aromatic heterocycles. The third kappa shape index (κ3) is 3.61. The largest absolute Gasteiger partial charge is 0.486 e. The molecule has 0 radical (unpaired) electrons. The Morgan fingerprint density at radius 2 is 2.11 bits per heavy atom. The van der Waals surface area contributed by atoms with Gasteiger partial charge in [0.15, 0.2) is 11.5 Å². The van der Waals surface area contributed by atoms with E-state index in [0.717, 1.165) is 5.56 Å². The number of amides is 1. The van der Waals surface area contributed by atoms with Crippen molar-refractivity contribution in [3.63, 3.8) is 0 Å². The molecule has 1 heterocycles. The first-order valence-corrected chi connectivity index (χ1v) is 6.55. The van der Waals surface area contributed by atoms with Crippen molar-refractivity contribution in [2.75, 3.05) is 19.8 Å². The van der Waals surface area contributed by atoms with E-state index >= 15 is 0 Å². The second-order valence-corrected chi connectivity index (χ2v) is 4.41. The minimum atomic E-state index is -0.668. The standard InChI is InChI=1S/C14H19NO4/c1-2-15-14(17)6-4-11(16)10-3-5-12-13(9-10)19-8-7-18-12/h3,5,9,11,16H,2,4,6-8H2,1H3,(H,15,17). The summed E-state index contributed by atoms with van der Waals surface area (Å²) in [7, 11) is 0. The highest BCUT2D eigenvalue weighted by molar-refractivity contribution is 5.75. The molecule has 19 heavy (non-hydrogen) atoms. The van der Waals surface area contributed by atoms with Crippen LogP contribution in [0, 0.1) is 0 Å². The average molecular weight is 265 g/mol. The van der Waals surface area contributed by atoms with Crippen molar-refractivity contribution in [1.82, 2.24) is 5.32 Å². The lowest BCUT2D eigenvalue weighted by Crippen LogP contribution is -2.22. The predicted molar refractivity (Wildman–Crippen MR) is 70.3 cm³/mol. The number of hydrogen-bond acceptors (Lipinski definition) is 4. The lowest BCUT2D eigenvalue weighted by atomic mass is 10.0. The number of nitrogens with one attached hydrogen (secondary N) is 1. The first-order chi connectivity index (χ1) is 9.20. The average Bonchev–Trinajstić information content (AvgIpc) is 2.44. The molecule has 1 aromatic rings. The van der Waals surface area contributed by atoms with E-state index < -0.39 is 6.10 Å². The van der Waals surface area contributed by atoms with E-state index in [1.165, 1.54) is 0 Å². The molecule has 1 atom stereocenters. The van der Waals surface area contributed by atoms with E-state index in [9.17, 15) is 9.90 Å². The fourth-order valence-corrected chi connectivity index (χ4v) is 1.99. The zero-order valence-electron chi connectivity index (χ0n) is 11.0. The summed E-state index contributed by atoms with van der Waals surface area (Å²) in [4.78, 5) is 11.3. The second-order valence-electron chi connectivity index (χ2n) is 4.41. The molecule has 1 aromatic carbocycles. The summed E-state index contributed by atoms with van der Waals surface area (Å²) in [6.45, 7) is 3.55. The minimum Gasteiger partial charge on any atom is -0.486 e. The van der Waals surface area contributed by atoms with Crippen LogP contribution in [0.1, 0.15) is 31.4 Å². The Morgan fingerprint density at radius 3 is 2.84 bits per heavy atom. The van der Waals surface area contributed by atoms with Gasteiger partial charge in [0, 0.05) is 13.0 Å². The van der Waals surface area contributed by atoms with Crippen LogP contribution in [0.5, 0.6) is 11.5 Å². The van der Waals surface area contributed by atoms with Crippen molar-refractivity contribution in [3.05, 3.63) is 23.8 Å². The van der Waals surface area contributed by atoms with E-state index in [4.69, 9.17) is 9.47 Å². The maximum atomic E-state index is 11.3. The number of rotatable bonds is 5. The van der Waals surface area contributed by atoms with Gasteiger partial charge in [-0.25, -0.2) is 0 Å². The molecule has 1 aliphatic rings. The molecule has 0 bridgehead atoms. The highest BCUT2D eigenvalue weighted by Gasteiger charge is 2.16. The number of fused-ring (bicyclic) bond motifs is 1. The fourth-order valence-electron chi connectivity index (χ4n) is 1.99. The number of benzene rings is 1. The number of ether oxygens (including phenoxy) is 2. The molecule has 0 saturated heterocycles. The maximum absolute atomic E-state index is 11.3. The Hall–Kier alpha value is -1.75. The van der Waals surface area contributed by atoms with Crippen molar-refractivity contribution in [2.45, 2.75) is 25.9 Å². The second kappa shape index (κ2) is 6.43.